The van der Waals surface area contributed by atoms with Gasteiger partial charge < -0.3 is 5.32 Å². The largest absolute Gasteiger partial charge is 0.333 e. The highest BCUT2D eigenvalue weighted by atomic mass is 32.1. The first-order valence-corrected chi connectivity index (χ1v) is 6.83. The third-order valence-electron chi connectivity index (χ3n) is 2.55. The van der Waals surface area contributed by atoms with Crippen LogP contribution in [-0.2, 0) is 12.8 Å². The quantitative estimate of drug-likeness (QED) is 0.808. The van der Waals surface area contributed by atoms with Gasteiger partial charge >= 0.3 is 6.03 Å². The van der Waals surface area contributed by atoms with E-state index in [1.54, 1.807) is 11.3 Å². The van der Waals surface area contributed by atoms with Gasteiger partial charge in [0.25, 0.3) is 0 Å². The van der Waals surface area contributed by atoms with Crippen molar-refractivity contribution in [1.29, 1.82) is 0 Å². The van der Waals surface area contributed by atoms with Gasteiger partial charge in [-0.25, -0.2) is 9.78 Å². The molecule has 0 radical (unpaired) electrons. The van der Waals surface area contributed by atoms with E-state index in [-0.39, 0.29) is 11.6 Å². The Morgan fingerprint density at radius 1 is 1.29 bits per heavy atom. The van der Waals surface area contributed by atoms with E-state index in [4.69, 9.17) is 0 Å². The van der Waals surface area contributed by atoms with Gasteiger partial charge in [-0.3, -0.25) is 5.32 Å². The zero-order chi connectivity index (χ0) is 12.5. The molecule has 0 aromatic carbocycles. The molecule has 1 aliphatic carbocycles. The topological polar surface area (TPSA) is 54.0 Å². The van der Waals surface area contributed by atoms with Crippen molar-refractivity contribution in [2.24, 2.45) is 0 Å². The molecule has 0 bridgehead atoms. The fraction of sp³-hybridized carbons (Fsp3) is 0.667. The van der Waals surface area contributed by atoms with Crippen LogP contribution in [0.25, 0.3) is 0 Å². The second-order valence-electron chi connectivity index (χ2n) is 5.43. The summed E-state index contributed by atoms with van der Waals surface area (Å²) < 4.78 is 0. The van der Waals surface area contributed by atoms with E-state index in [2.05, 4.69) is 15.6 Å². The Bertz CT molecular complexity index is 396. The van der Waals surface area contributed by atoms with Crippen LogP contribution in [0.3, 0.4) is 0 Å². The standard InChI is InChI=1S/C12H19N3OS/c1-12(2,3)15-10(16)14-11-13-8-6-4-5-7-9(8)17-11/h4-7H2,1-3H3,(H2,13,14,15,16). The van der Waals surface area contributed by atoms with Gasteiger partial charge in [-0.1, -0.05) is 0 Å². The van der Waals surface area contributed by atoms with Crippen LogP contribution in [0.1, 0.15) is 44.2 Å². The molecule has 17 heavy (non-hydrogen) atoms. The summed E-state index contributed by atoms with van der Waals surface area (Å²) in [6.45, 7) is 5.87. The van der Waals surface area contributed by atoms with Gasteiger partial charge in [0, 0.05) is 10.4 Å². The summed E-state index contributed by atoms with van der Waals surface area (Å²) in [5, 5.41) is 6.40. The molecule has 0 aliphatic heterocycles. The van der Waals surface area contributed by atoms with Crippen LogP contribution in [0.2, 0.25) is 0 Å². The number of nitrogens with zero attached hydrogens (tertiary/aromatic N) is 1. The number of aryl methyl sites for hydroxylation is 2. The predicted molar refractivity (Wildman–Crippen MR) is 70.7 cm³/mol. The molecule has 94 valence electrons. The van der Waals surface area contributed by atoms with Crippen molar-refractivity contribution >= 4 is 22.5 Å². The van der Waals surface area contributed by atoms with E-state index in [0.29, 0.717) is 0 Å². The van der Waals surface area contributed by atoms with Gasteiger partial charge in [-0.05, 0) is 46.5 Å². The van der Waals surface area contributed by atoms with Gasteiger partial charge in [0.2, 0.25) is 0 Å². The third kappa shape index (κ3) is 3.43. The molecule has 2 amide bonds. The van der Waals surface area contributed by atoms with Gasteiger partial charge in [-0.15, -0.1) is 11.3 Å². The highest BCUT2D eigenvalue weighted by molar-refractivity contribution is 7.15. The highest BCUT2D eigenvalue weighted by Crippen LogP contribution is 2.29. The average molecular weight is 253 g/mol. The number of rotatable bonds is 1. The number of carbonyl (C=O) groups excluding carboxylic acids is 1. The molecule has 0 spiro atoms. The Balaban J connectivity index is 1.99. The average Bonchev–Trinajstić information content (AvgIpc) is 2.55. The molecular formula is C12H19N3OS. The molecule has 1 aromatic rings. The first-order valence-electron chi connectivity index (χ1n) is 6.02. The van der Waals surface area contributed by atoms with Crippen LogP contribution in [0.5, 0.6) is 0 Å². The van der Waals surface area contributed by atoms with E-state index in [9.17, 15) is 4.79 Å². The Morgan fingerprint density at radius 2 is 2.00 bits per heavy atom. The van der Waals surface area contributed by atoms with Crippen molar-refractivity contribution in [3.63, 3.8) is 0 Å². The maximum atomic E-state index is 11.7. The number of hydrogen-bond acceptors (Lipinski definition) is 3. The molecular weight excluding hydrogens is 234 g/mol. The Labute approximate surface area is 106 Å². The van der Waals surface area contributed by atoms with Crippen molar-refractivity contribution in [3.05, 3.63) is 10.6 Å². The van der Waals surface area contributed by atoms with Crippen LogP contribution in [0.4, 0.5) is 9.93 Å². The van der Waals surface area contributed by atoms with E-state index in [1.807, 2.05) is 20.8 Å². The van der Waals surface area contributed by atoms with Crippen molar-refractivity contribution in [3.8, 4) is 0 Å². The lowest BCUT2D eigenvalue weighted by molar-refractivity contribution is 0.244. The van der Waals surface area contributed by atoms with E-state index < -0.39 is 0 Å². The molecule has 1 aliphatic rings. The summed E-state index contributed by atoms with van der Waals surface area (Å²) in [4.78, 5) is 17.5. The number of amides is 2. The van der Waals surface area contributed by atoms with Gasteiger partial charge in [0.15, 0.2) is 5.13 Å². The lowest BCUT2D eigenvalue weighted by Crippen LogP contribution is -2.43. The molecule has 0 fully saturated rings. The second-order valence-corrected chi connectivity index (χ2v) is 6.51. The molecule has 1 aromatic heterocycles. The second kappa shape index (κ2) is 4.64. The molecule has 0 saturated heterocycles. The molecule has 0 unspecified atom stereocenters. The smallest absolute Gasteiger partial charge is 0.321 e. The van der Waals surface area contributed by atoms with Crippen LogP contribution >= 0.6 is 11.3 Å². The fourth-order valence-corrected chi connectivity index (χ4v) is 2.92. The molecule has 0 atom stereocenters. The number of nitrogens with one attached hydrogen (secondary N) is 2. The molecule has 2 N–H and O–H groups in total. The normalized spacial score (nSPS) is 15.2. The minimum absolute atomic E-state index is 0.177. The molecule has 0 saturated carbocycles. The monoisotopic (exact) mass is 253 g/mol. The van der Waals surface area contributed by atoms with E-state index >= 15 is 0 Å². The van der Waals surface area contributed by atoms with Crippen LogP contribution < -0.4 is 10.6 Å². The van der Waals surface area contributed by atoms with Crippen molar-refractivity contribution in [2.45, 2.75) is 52.0 Å². The number of fused-ring (bicyclic) bond motifs is 1. The lowest BCUT2D eigenvalue weighted by Gasteiger charge is -2.20. The van der Waals surface area contributed by atoms with Crippen LogP contribution in [-0.4, -0.2) is 16.6 Å². The Kier molecular flexibility index (Phi) is 3.38. The molecule has 2 rings (SSSR count). The zero-order valence-corrected chi connectivity index (χ0v) is 11.4. The summed E-state index contributed by atoms with van der Waals surface area (Å²) in [6.07, 6.45) is 4.61. The van der Waals surface area contributed by atoms with Crippen LogP contribution in [0, 0.1) is 0 Å². The highest BCUT2D eigenvalue weighted by Gasteiger charge is 2.18. The zero-order valence-electron chi connectivity index (χ0n) is 10.6. The number of aromatic nitrogens is 1. The number of carbonyl (C=O) groups is 1. The SMILES string of the molecule is CC(C)(C)NC(=O)Nc1nc2c(s1)CCCC2. The van der Waals surface area contributed by atoms with Crippen LogP contribution in [0.15, 0.2) is 0 Å². The summed E-state index contributed by atoms with van der Waals surface area (Å²) >= 11 is 1.61. The lowest BCUT2D eigenvalue weighted by atomic mass is 10.0. The summed E-state index contributed by atoms with van der Waals surface area (Å²) in [6, 6.07) is -0.177. The van der Waals surface area contributed by atoms with Crippen molar-refractivity contribution in [2.75, 3.05) is 5.32 Å². The van der Waals surface area contributed by atoms with Crippen molar-refractivity contribution < 1.29 is 4.79 Å². The van der Waals surface area contributed by atoms with Gasteiger partial charge in [-0.2, -0.15) is 0 Å². The molecule has 4 nitrogen and oxygen atoms in total. The van der Waals surface area contributed by atoms with E-state index in [1.165, 1.54) is 23.4 Å². The number of anilines is 1. The number of thiazole rings is 1. The Hall–Kier alpha value is -1.10. The minimum atomic E-state index is -0.221. The summed E-state index contributed by atoms with van der Waals surface area (Å²) in [5.74, 6) is 0. The third-order valence-corrected chi connectivity index (χ3v) is 3.63. The molecule has 5 heteroatoms. The molecule has 1 heterocycles. The number of hydrogen-bond donors (Lipinski definition) is 2. The van der Waals surface area contributed by atoms with Crippen molar-refractivity contribution in [1.82, 2.24) is 10.3 Å². The summed E-state index contributed by atoms with van der Waals surface area (Å²) in [7, 11) is 0. The predicted octanol–water partition coefficient (Wildman–Crippen LogP) is 2.94. The Morgan fingerprint density at radius 3 is 2.65 bits per heavy atom. The fourth-order valence-electron chi connectivity index (χ4n) is 1.87. The first-order chi connectivity index (χ1) is 7.94. The van der Waals surface area contributed by atoms with E-state index in [0.717, 1.165) is 18.0 Å². The van der Waals surface area contributed by atoms with Gasteiger partial charge in [0.1, 0.15) is 0 Å². The number of urea groups is 1. The maximum Gasteiger partial charge on any atom is 0.321 e. The minimum Gasteiger partial charge on any atom is -0.333 e. The maximum absolute atomic E-state index is 11.7. The van der Waals surface area contributed by atoms with Gasteiger partial charge in [0.05, 0.1) is 5.69 Å². The summed E-state index contributed by atoms with van der Waals surface area (Å²) in [5.41, 5.74) is 0.952. The first kappa shape index (κ1) is 12.4.